The zero-order valence-electron chi connectivity index (χ0n) is 17.0. The second kappa shape index (κ2) is 11.0. The first-order valence-electron chi connectivity index (χ1n) is 9.30. The minimum absolute atomic E-state index is 0.0381. The first-order valence-corrected chi connectivity index (χ1v) is 10.5. The number of benzene rings is 1. The van der Waals surface area contributed by atoms with Crippen molar-refractivity contribution < 1.29 is 29.0 Å². The van der Waals surface area contributed by atoms with E-state index in [-0.39, 0.29) is 18.9 Å². The molecule has 1 atom stereocenters. The van der Waals surface area contributed by atoms with Gasteiger partial charge in [0.15, 0.2) is 11.5 Å². The molecule has 2 amide bonds. The van der Waals surface area contributed by atoms with Crippen LogP contribution in [0.4, 0.5) is 0 Å². The summed E-state index contributed by atoms with van der Waals surface area (Å²) < 4.78 is 10.8. The molecule has 1 aromatic carbocycles. The van der Waals surface area contributed by atoms with Crippen LogP contribution in [0.2, 0.25) is 0 Å². The Kier molecular flexibility index (Phi) is 8.67. The Bertz CT molecular complexity index is 871. The van der Waals surface area contributed by atoms with Gasteiger partial charge in [0.25, 0.3) is 5.91 Å². The predicted octanol–water partition coefficient (Wildman–Crippen LogP) is 2.66. The fraction of sp³-hybridized carbons (Fsp3) is 0.400. The molecule has 8 nitrogen and oxygen atoms in total. The summed E-state index contributed by atoms with van der Waals surface area (Å²) in [5.74, 6) is -0.687. The average molecular weight is 453 g/mol. The third-order valence-corrected chi connectivity index (χ3v) is 5.73. The van der Waals surface area contributed by atoms with Gasteiger partial charge in [-0.25, -0.2) is 4.79 Å². The third-order valence-electron chi connectivity index (χ3n) is 4.35. The van der Waals surface area contributed by atoms with Crippen molar-refractivity contribution in [3.05, 3.63) is 28.7 Å². The van der Waals surface area contributed by atoms with Gasteiger partial charge in [-0.15, -0.1) is 0 Å². The summed E-state index contributed by atoms with van der Waals surface area (Å²) in [7, 11) is 3.07. The van der Waals surface area contributed by atoms with Gasteiger partial charge in [-0.1, -0.05) is 43.4 Å². The van der Waals surface area contributed by atoms with Crippen molar-refractivity contribution in [2.24, 2.45) is 0 Å². The van der Waals surface area contributed by atoms with Gasteiger partial charge in [0.2, 0.25) is 5.91 Å². The lowest BCUT2D eigenvalue weighted by Gasteiger charge is -2.16. The van der Waals surface area contributed by atoms with E-state index in [2.05, 4.69) is 5.32 Å². The Labute approximate surface area is 184 Å². The number of aliphatic carboxylic acids is 1. The smallest absolute Gasteiger partial charge is 0.326 e. The number of nitrogens with one attached hydrogen (secondary N) is 1. The number of thiocarbonyl (C=S) groups is 1. The summed E-state index contributed by atoms with van der Waals surface area (Å²) in [6, 6.07) is 4.35. The normalized spacial score (nSPS) is 16.0. The fourth-order valence-electron chi connectivity index (χ4n) is 2.81. The van der Waals surface area contributed by atoms with E-state index >= 15 is 0 Å². The minimum Gasteiger partial charge on any atom is -0.493 e. The van der Waals surface area contributed by atoms with Crippen molar-refractivity contribution in [2.45, 2.75) is 32.2 Å². The highest BCUT2D eigenvalue weighted by atomic mass is 32.2. The summed E-state index contributed by atoms with van der Waals surface area (Å²) in [5.41, 5.74) is 0.745. The van der Waals surface area contributed by atoms with Crippen LogP contribution in [0.5, 0.6) is 11.5 Å². The monoisotopic (exact) mass is 452 g/mol. The summed E-state index contributed by atoms with van der Waals surface area (Å²) >= 11 is 6.43. The molecule has 162 valence electrons. The van der Waals surface area contributed by atoms with Crippen LogP contribution in [0.15, 0.2) is 23.1 Å². The third kappa shape index (κ3) is 5.96. The van der Waals surface area contributed by atoms with E-state index in [9.17, 15) is 14.4 Å². The van der Waals surface area contributed by atoms with Gasteiger partial charge in [0.1, 0.15) is 10.4 Å². The minimum atomic E-state index is -1.08. The number of amides is 2. The number of hydrogen-bond donors (Lipinski definition) is 2. The topological polar surface area (TPSA) is 105 Å². The highest BCUT2D eigenvalue weighted by Crippen LogP contribution is 2.34. The van der Waals surface area contributed by atoms with Crippen LogP contribution in [-0.2, 0) is 14.4 Å². The number of ether oxygens (including phenoxy) is 2. The highest BCUT2D eigenvalue weighted by Gasteiger charge is 2.32. The van der Waals surface area contributed by atoms with Crippen LogP contribution in [0.25, 0.3) is 6.08 Å². The maximum absolute atomic E-state index is 12.7. The summed E-state index contributed by atoms with van der Waals surface area (Å²) in [4.78, 5) is 37.8. The number of thioether (sulfide) groups is 1. The van der Waals surface area contributed by atoms with Crippen molar-refractivity contribution in [3.63, 3.8) is 0 Å². The van der Waals surface area contributed by atoms with Crippen LogP contribution in [-0.4, -0.2) is 58.9 Å². The molecule has 1 heterocycles. The van der Waals surface area contributed by atoms with Gasteiger partial charge in [0.05, 0.1) is 19.1 Å². The summed E-state index contributed by atoms with van der Waals surface area (Å²) in [6.45, 7) is 1.92. The number of rotatable bonds is 10. The van der Waals surface area contributed by atoms with Crippen LogP contribution in [0.1, 0.15) is 31.7 Å². The number of carbonyl (C=O) groups excluding carboxylic acids is 2. The Balaban J connectivity index is 2.03. The number of carboxylic acids is 1. The van der Waals surface area contributed by atoms with Gasteiger partial charge in [-0.2, -0.15) is 0 Å². The van der Waals surface area contributed by atoms with E-state index in [0.29, 0.717) is 33.6 Å². The SMILES string of the molecule is CCCC(NC(=O)CCN1C(=O)/C(=C/c2ccc(OC)c(OC)c2)SC1=S)C(=O)O. The van der Waals surface area contributed by atoms with Crippen LogP contribution < -0.4 is 14.8 Å². The predicted molar refractivity (Wildman–Crippen MR) is 119 cm³/mol. The van der Waals surface area contributed by atoms with Gasteiger partial charge < -0.3 is 19.9 Å². The number of carbonyl (C=O) groups is 3. The zero-order valence-corrected chi connectivity index (χ0v) is 18.6. The Morgan fingerprint density at radius 3 is 2.60 bits per heavy atom. The Hall–Kier alpha value is -2.59. The van der Waals surface area contributed by atoms with Crippen LogP contribution >= 0.6 is 24.0 Å². The molecule has 1 fully saturated rings. The second-order valence-corrected chi connectivity index (χ2v) is 8.12. The lowest BCUT2D eigenvalue weighted by Crippen LogP contribution is -2.42. The molecule has 1 aliphatic heterocycles. The Morgan fingerprint density at radius 1 is 1.30 bits per heavy atom. The van der Waals surface area contributed by atoms with Gasteiger partial charge in [-0.3, -0.25) is 14.5 Å². The molecule has 1 aromatic rings. The molecule has 2 rings (SSSR count). The number of carboxylic acid groups (broad SMARTS) is 1. The molecular weight excluding hydrogens is 428 g/mol. The average Bonchev–Trinajstić information content (AvgIpc) is 2.98. The molecule has 0 aliphatic carbocycles. The summed E-state index contributed by atoms with van der Waals surface area (Å²) in [5, 5.41) is 11.6. The van der Waals surface area contributed by atoms with E-state index in [0.717, 1.165) is 17.3 Å². The standard InChI is InChI=1S/C20H24N2O6S2/c1-4-5-13(19(25)26)21-17(23)8-9-22-18(24)16(30-20(22)29)11-12-6-7-14(27-2)15(10-12)28-3/h6-7,10-11,13H,4-5,8-9H2,1-3H3,(H,21,23)(H,25,26)/b16-11-. The number of hydrogen-bond acceptors (Lipinski definition) is 7. The number of nitrogens with zero attached hydrogens (tertiary/aromatic N) is 1. The molecule has 0 saturated carbocycles. The molecule has 30 heavy (non-hydrogen) atoms. The first-order chi connectivity index (χ1) is 14.3. The van der Waals surface area contributed by atoms with Crippen molar-refractivity contribution >= 4 is 52.2 Å². The van der Waals surface area contributed by atoms with Gasteiger partial charge in [-0.05, 0) is 30.2 Å². The molecule has 0 radical (unpaired) electrons. The van der Waals surface area contributed by atoms with Crippen LogP contribution in [0.3, 0.4) is 0 Å². The highest BCUT2D eigenvalue weighted by molar-refractivity contribution is 8.26. The first kappa shape index (κ1) is 23.7. The van der Waals surface area contributed by atoms with E-state index in [1.54, 1.807) is 31.4 Å². The molecule has 1 saturated heterocycles. The lowest BCUT2D eigenvalue weighted by molar-refractivity contribution is -0.142. The summed E-state index contributed by atoms with van der Waals surface area (Å²) in [6.07, 6.45) is 2.63. The van der Waals surface area contributed by atoms with Crippen LogP contribution in [0, 0.1) is 0 Å². The molecule has 1 unspecified atom stereocenters. The van der Waals surface area contributed by atoms with E-state index < -0.39 is 17.9 Å². The molecule has 0 spiro atoms. The molecule has 2 N–H and O–H groups in total. The Morgan fingerprint density at radius 2 is 2.00 bits per heavy atom. The quantitative estimate of drug-likeness (QED) is 0.412. The molecule has 10 heteroatoms. The van der Waals surface area contributed by atoms with Crippen molar-refractivity contribution in [2.75, 3.05) is 20.8 Å². The van der Waals surface area contributed by atoms with Crippen molar-refractivity contribution in [1.29, 1.82) is 0 Å². The largest absolute Gasteiger partial charge is 0.493 e. The molecule has 0 aromatic heterocycles. The number of methoxy groups -OCH3 is 2. The second-order valence-electron chi connectivity index (χ2n) is 6.44. The fourth-order valence-corrected chi connectivity index (χ4v) is 4.12. The maximum atomic E-state index is 12.7. The maximum Gasteiger partial charge on any atom is 0.326 e. The van der Waals surface area contributed by atoms with Crippen molar-refractivity contribution in [3.8, 4) is 11.5 Å². The molecule has 1 aliphatic rings. The van der Waals surface area contributed by atoms with E-state index in [1.807, 2.05) is 6.92 Å². The zero-order chi connectivity index (χ0) is 22.3. The van der Waals surface area contributed by atoms with E-state index in [4.69, 9.17) is 26.8 Å². The molecule has 0 bridgehead atoms. The van der Waals surface area contributed by atoms with Gasteiger partial charge in [0, 0.05) is 13.0 Å². The van der Waals surface area contributed by atoms with Crippen molar-refractivity contribution in [1.82, 2.24) is 10.2 Å². The molecular formula is C20H24N2O6S2. The van der Waals surface area contributed by atoms with E-state index in [1.165, 1.54) is 12.0 Å². The lowest BCUT2D eigenvalue weighted by atomic mass is 10.1. The van der Waals surface area contributed by atoms with Gasteiger partial charge >= 0.3 is 5.97 Å².